The fourth-order valence-electron chi connectivity index (χ4n) is 1.53. The van der Waals surface area contributed by atoms with Crippen molar-refractivity contribution in [3.63, 3.8) is 0 Å². The quantitative estimate of drug-likeness (QED) is 0.894. The molecule has 0 spiro atoms. The number of ether oxygens (including phenoxy) is 1. The summed E-state index contributed by atoms with van der Waals surface area (Å²) in [7, 11) is 0. The average molecular weight is 317 g/mol. The number of thiophene rings is 1. The maximum atomic E-state index is 11.3. The molecule has 0 aliphatic carbocycles. The van der Waals surface area contributed by atoms with Crippen molar-refractivity contribution < 1.29 is 14.6 Å². The molecule has 0 saturated heterocycles. The molecule has 0 amide bonds. The lowest BCUT2D eigenvalue weighted by Crippen LogP contribution is -2.18. The zero-order valence-corrected chi connectivity index (χ0v) is 12.0. The SMILES string of the molecule is O=C(O)C(COc1ccccc1Cl)c1ccc(Cl)s1. The van der Waals surface area contributed by atoms with Crippen molar-refractivity contribution in [1.82, 2.24) is 0 Å². The fraction of sp³-hybridized carbons (Fsp3) is 0.154. The van der Waals surface area contributed by atoms with E-state index in [1.165, 1.54) is 11.3 Å². The largest absolute Gasteiger partial charge is 0.491 e. The molecule has 6 heteroatoms. The van der Waals surface area contributed by atoms with Gasteiger partial charge < -0.3 is 9.84 Å². The van der Waals surface area contributed by atoms with Crippen LogP contribution in [0.2, 0.25) is 9.36 Å². The number of para-hydroxylation sites is 1. The molecular weight excluding hydrogens is 307 g/mol. The second-order valence-corrected chi connectivity index (χ2v) is 5.93. The lowest BCUT2D eigenvalue weighted by molar-refractivity contribution is -0.139. The van der Waals surface area contributed by atoms with Crippen molar-refractivity contribution in [3.05, 3.63) is 50.6 Å². The van der Waals surface area contributed by atoms with E-state index in [0.29, 0.717) is 20.0 Å². The Labute approximate surface area is 124 Å². The van der Waals surface area contributed by atoms with E-state index in [2.05, 4.69) is 0 Å². The molecule has 0 radical (unpaired) electrons. The van der Waals surface area contributed by atoms with Gasteiger partial charge in [0, 0.05) is 4.88 Å². The monoisotopic (exact) mass is 316 g/mol. The summed E-state index contributed by atoms with van der Waals surface area (Å²) in [5, 5.41) is 9.69. The van der Waals surface area contributed by atoms with Crippen molar-refractivity contribution in [2.45, 2.75) is 5.92 Å². The molecule has 1 unspecified atom stereocenters. The highest BCUT2D eigenvalue weighted by Crippen LogP contribution is 2.30. The number of aliphatic carboxylic acids is 1. The Morgan fingerprint density at radius 1 is 1.26 bits per heavy atom. The molecule has 1 heterocycles. The van der Waals surface area contributed by atoms with Crippen LogP contribution in [0.3, 0.4) is 0 Å². The average Bonchev–Trinajstić information content (AvgIpc) is 2.78. The van der Waals surface area contributed by atoms with Gasteiger partial charge in [-0.3, -0.25) is 4.79 Å². The van der Waals surface area contributed by atoms with Gasteiger partial charge in [-0.2, -0.15) is 0 Å². The Bertz CT molecular complexity index is 583. The van der Waals surface area contributed by atoms with Gasteiger partial charge in [0.1, 0.15) is 18.3 Å². The summed E-state index contributed by atoms with van der Waals surface area (Å²) in [6, 6.07) is 10.3. The summed E-state index contributed by atoms with van der Waals surface area (Å²) in [6.07, 6.45) is 0. The molecule has 0 aliphatic rings. The summed E-state index contributed by atoms with van der Waals surface area (Å²) in [5.41, 5.74) is 0. The molecule has 1 atom stereocenters. The Hall–Kier alpha value is -1.23. The van der Waals surface area contributed by atoms with Gasteiger partial charge in [0.25, 0.3) is 0 Å². The summed E-state index contributed by atoms with van der Waals surface area (Å²) >= 11 is 13.0. The number of benzene rings is 1. The molecule has 1 N–H and O–H groups in total. The molecule has 0 fully saturated rings. The van der Waals surface area contributed by atoms with Gasteiger partial charge in [0.2, 0.25) is 0 Å². The molecule has 2 rings (SSSR count). The smallest absolute Gasteiger partial charge is 0.315 e. The molecule has 3 nitrogen and oxygen atoms in total. The predicted molar refractivity (Wildman–Crippen MR) is 76.7 cm³/mol. The lowest BCUT2D eigenvalue weighted by Gasteiger charge is -2.13. The van der Waals surface area contributed by atoms with Gasteiger partial charge in [0.05, 0.1) is 9.36 Å². The van der Waals surface area contributed by atoms with Crippen LogP contribution >= 0.6 is 34.5 Å². The first-order chi connectivity index (χ1) is 9.08. The molecule has 19 heavy (non-hydrogen) atoms. The van der Waals surface area contributed by atoms with E-state index in [9.17, 15) is 9.90 Å². The van der Waals surface area contributed by atoms with Gasteiger partial charge in [-0.1, -0.05) is 35.3 Å². The van der Waals surface area contributed by atoms with Gasteiger partial charge in [0.15, 0.2) is 0 Å². The number of carboxylic acids is 1. The van der Waals surface area contributed by atoms with E-state index in [-0.39, 0.29) is 6.61 Å². The zero-order chi connectivity index (χ0) is 13.8. The number of carboxylic acid groups (broad SMARTS) is 1. The number of hydrogen-bond donors (Lipinski definition) is 1. The highest BCUT2D eigenvalue weighted by atomic mass is 35.5. The van der Waals surface area contributed by atoms with E-state index in [1.807, 2.05) is 0 Å². The maximum absolute atomic E-state index is 11.3. The molecule has 0 bridgehead atoms. The number of hydrogen-bond acceptors (Lipinski definition) is 3. The van der Waals surface area contributed by atoms with Crippen molar-refractivity contribution >= 4 is 40.5 Å². The van der Waals surface area contributed by atoms with Crippen LogP contribution < -0.4 is 4.74 Å². The van der Waals surface area contributed by atoms with Crippen LogP contribution in [0.4, 0.5) is 0 Å². The third kappa shape index (κ3) is 3.62. The maximum Gasteiger partial charge on any atom is 0.315 e. The normalized spacial score (nSPS) is 12.1. The minimum absolute atomic E-state index is 0.00983. The van der Waals surface area contributed by atoms with Crippen molar-refractivity contribution in [2.75, 3.05) is 6.61 Å². The minimum atomic E-state index is -0.953. The van der Waals surface area contributed by atoms with Crippen LogP contribution in [-0.4, -0.2) is 17.7 Å². The van der Waals surface area contributed by atoms with E-state index in [4.69, 9.17) is 27.9 Å². The van der Waals surface area contributed by atoms with Crippen LogP contribution in [0.15, 0.2) is 36.4 Å². The van der Waals surface area contributed by atoms with Gasteiger partial charge >= 0.3 is 5.97 Å². The highest BCUT2D eigenvalue weighted by Gasteiger charge is 2.23. The Morgan fingerprint density at radius 2 is 2.00 bits per heavy atom. The standard InChI is InChI=1S/C13H10Cl2O3S/c14-9-3-1-2-4-10(9)18-7-8(13(16)17)11-5-6-12(15)19-11/h1-6,8H,7H2,(H,16,17). The Kier molecular flexibility index (Phi) is 4.69. The predicted octanol–water partition coefficient (Wildman–Crippen LogP) is 4.30. The number of carbonyl (C=O) groups is 1. The first-order valence-corrected chi connectivity index (χ1v) is 7.00. The fourth-order valence-corrected chi connectivity index (χ4v) is 2.85. The van der Waals surface area contributed by atoms with Crippen LogP contribution in [-0.2, 0) is 4.79 Å². The summed E-state index contributed by atoms with van der Waals surface area (Å²) in [6.45, 7) is 0.00983. The molecule has 0 saturated carbocycles. The topological polar surface area (TPSA) is 46.5 Å². The van der Waals surface area contributed by atoms with Gasteiger partial charge in [-0.05, 0) is 24.3 Å². The van der Waals surface area contributed by atoms with E-state index in [1.54, 1.807) is 36.4 Å². The first kappa shape index (κ1) is 14.2. The van der Waals surface area contributed by atoms with E-state index < -0.39 is 11.9 Å². The minimum Gasteiger partial charge on any atom is -0.491 e. The van der Waals surface area contributed by atoms with Crippen LogP contribution in [0.1, 0.15) is 10.8 Å². The van der Waals surface area contributed by atoms with Crippen molar-refractivity contribution in [1.29, 1.82) is 0 Å². The summed E-state index contributed by atoms with van der Waals surface area (Å²) in [5.74, 6) is -1.24. The van der Waals surface area contributed by atoms with E-state index >= 15 is 0 Å². The van der Waals surface area contributed by atoms with Crippen molar-refractivity contribution in [3.8, 4) is 5.75 Å². The number of halogens is 2. The van der Waals surface area contributed by atoms with Crippen LogP contribution in [0.5, 0.6) is 5.75 Å². The zero-order valence-electron chi connectivity index (χ0n) is 9.68. The van der Waals surface area contributed by atoms with Gasteiger partial charge in [-0.25, -0.2) is 0 Å². The van der Waals surface area contributed by atoms with Crippen LogP contribution in [0, 0.1) is 0 Å². The lowest BCUT2D eigenvalue weighted by atomic mass is 10.1. The van der Waals surface area contributed by atoms with Crippen molar-refractivity contribution in [2.24, 2.45) is 0 Å². The third-order valence-corrected chi connectivity index (χ3v) is 4.13. The van der Waals surface area contributed by atoms with Gasteiger partial charge in [-0.15, -0.1) is 11.3 Å². The Balaban J connectivity index is 2.10. The van der Waals surface area contributed by atoms with E-state index in [0.717, 1.165) is 0 Å². The third-order valence-electron chi connectivity index (χ3n) is 2.48. The Morgan fingerprint density at radius 3 is 2.58 bits per heavy atom. The van der Waals surface area contributed by atoms with Crippen LogP contribution in [0.25, 0.3) is 0 Å². The second kappa shape index (κ2) is 6.28. The number of rotatable bonds is 5. The molecule has 1 aromatic heterocycles. The molecule has 2 aromatic rings. The molecular formula is C13H10Cl2O3S. The first-order valence-electron chi connectivity index (χ1n) is 5.43. The summed E-state index contributed by atoms with van der Waals surface area (Å²) in [4.78, 5) is 11.9. The molecule has 100 valence electrons. The molecule has 0 aliphatic heterocycles. The molecule has 1 aromatic carbocycles. The highest BCUT2D eigenvalue weighted by molar-refractivity contribution is 7.16. The second-order valence-electron chi connectivity index (χ2n) is 3.77. The summed E-state index contributed by atoms with van der Waals surface area (Å²) < 4.78 is 6.03.